The first kappa shape index (κ1) is 18.9. The second-order valence-corrected chi connectivity index (χ2v) is 7.14. The number of aliphatic carboxylic acids is 1. The quantitative estimate of drug-likeness (QED) is 0.736. The van der Waals surface area contributed by atoms with Gasteiger partial charge in [-0.3, -0.25) is 14.4 Å². The number of hydrogen-bond acceptors (Lipinski definition) is 3. The zero-order valence-corrected chi connectivity index (χ0v) is 15.5. The summed E-state index contributed by atoms with van der Waals surface area (Å²) in [5.41, 5.74) is 1.21. The molecule has 0 heterocycles. The van der Waals surface area contributed by atoms with E-state index >= 15 is 0 Å². The SMILES string of the molecule is CNC(=O)c1ccc(Cl)cc1NC(=O)CC1(C(=O)O)Cc2ccccc2C1. The molecule has 0 bridgehead atoms. The normalized spacial score (nSPS) is 14.3. The molecule has 140 valence electrons. The van der Waals surface area contributed by atoms with Crippen LogP contribution in [0.2, 0.25) is 5.02 Å². The summed E-state index contributed by atoms with van der Waals surface area (Å²) < 4.78 is 0. The number of carboxylic acids is 1. The third kappa shape index (κ3) is 3.80. The standard InChI is InChI=1S/C20H19ClN2O4/c1-22-18(25)15-7-6-14(21)8-16(15)23-17(24)11-20(19(26)27)9-12-4-2-3-5-13(12)10-20/h2-8H,9-11H2,1H3,(H,22,25)(H,23,24)(H,26,27). The first-order valence-corrected chi connectivity index (χ1v) is 8.84. The van der Waals surface area contributed by atoms with Crippen molar-refractivity contribution in [3.8, 4) is 0 Å². The molecule has 0 atom stereocenters. The highest BCUT2D eigenvalue weighted by Gasteiger charge is 2.45. The van der Waals surface area contributed by atoms with Gasteiger partial charge in [-0.2, -0.15) is 0 Å². The number of benzene rings is 2. The van der Waals surface area contributed by atoms with Crippen LogP contribution < -0.4 is 10.6 Å². The van der Waals surface area contributed by atoms with Crippen LogP contribution in [0.5, 0.6) is 0 Å². The Morgan fingerprint density at radius 1 is 1.11 bits per heavy atom. The van der Waals surface area contributed by atoms with Crippen molar-refractivity contribution in [2.45, 2.75) is 19.3 Å². The van der Waals surface area contributed by atoms with Gasteiger partial charge in [-0.1, -0.05) is 35.9 Å². The van der Waals surface area contributed by atoms with Crippen LogP contribution in [0.15, 0.2) is 42.5 Å². The van der Waals surface area contributed by atoms with Gasteiger partial charge >= 0.3 is 5.97 Å². The highest BCUT2D eigenvalue weighted by Crippen LogP contribution is 2.40. The Morgan fingerprint density at radius 2 is 1.74 bits per heavy atom. The van der Waals surface area contributed by atoms with E-state index in [-0.39, 0.29) is 23.6 Å². The Kier molecular flexibility index (Phi) is 5.19. The van der Waals surface area contributed by atoms with Crippen molar-refractivity contribution in [1.82, 2.24) is 5.32 Å². The second-order valence-electron chi connectivity index (χ2n) is 6.70. The lowest BCUT2D eigenvalue weighted by Gasteiger charge is -2.23. The van der Waals surface area contributed by atoms with Crippen molar-refractivity contribution in [3.63, 3.8) is 0 Å². The molecule has 2 aromatic rings. The molecule has 0 saturated heterocycles. The summed E-state index contributed by atoms with van der Waals surface area (Å²) in [5, 5.41) is 15.3. The Hall–Kier alpha value is -2.86. The Bertz CT molecular complexity index is 901. The molecule has 1 aliphatic carbocycles. The molecule has 7 heteroatoms. The molecule has 0 spiro atoms. The van der Waals surface area contributed by atoms with E-state index in [1.54, 1.807) is 6.07 Å². The van der Waals surface area contributed by atoms with Gasteiger partial charge in [-0.25, -0.2) is 0 Å². The molecule has 0 radical (unpaired) electrons. The van der Waals surface area contributed by atoms with E-state index in [0.717, 1.165) is 11.1 Å². The molecular weight excluding hydrogens is 368 g/mol. The molecule has 3 N–H and O–H groups in total. The summed E-state index contributed by atoms with van der Waals surface area (Å²) in [7, 11) is 1.48. The van der Waals surface area contributed by atoms with Crippen LogP contribution in [0.3, 0.4) is 0 Å². The molecule has 3 rings (SSSR count). The molecule has 0 saturated carbocycles. The highest BCUT2D eigenvalue weighted by atomic mass is 35.5. The first-order chi connectivity index (χ1) is 12.8. The number of amides is 2. The van der Waals surface area contributed by atoms with Crippen LogP contribution in [0.25, 0.3) is 0 Å². The summed E-state index contributed by atoms with van der Waals surface area (Å²) in [6.45, 7) is 0. The van der Waals surface area contributed by atoms with Gasteiger partial charge in [0.2, 0.25) is 5.91 Å². The van der Waals surface area contributed by atoms with Crippen molar-refractivity contribution in [2.75, 3.05) is 12.4 Å². The lowest BCUT2D eigenvalue weighted by Crippen LogP contribution is -2.36. The second kappa shape index (κ2) is 7.40. The number of hydrogen-bond donors (Lipinski definition) is 3. The monoisotopic (exact) mass is 386 g/mol. The maximum atomic E-state index is 12.7. The van der Waals surface area contributed by atoms with Crippen molar-refractivity contribution in [3.05, 3.63) is 64.2 Å². The molecule has 6 nitrogen and oxygen atoms in total. The fourth-order valence-electron chi connectivity index (χ4n) is 3.50. The molecular formula is C20H19ClN2O4. The van der Waals surface area contributed by atoms with Crippen LogP contribution in [0, 0.1) is 5.41 Å². The summed E-state index contributed by atoms with van der Waals surface area (Å²) in [6.07, 6.45) is 0.393. The minimum atomic E-state index is -1.19. The topological polar surface area (TPSA) is 95.5 Å². The Labute approximate surface area is 161 Å². The van der Waals surface area contributed by atoms with Gasteiger partial charge in [0.05, 0.1) is 16.7 Å². The van der Waals surface area contributed by atoms with Crippen molar-refractivity contribution >= 4 is 35.1 Å². The van der Waals surface area contributed by atoms with Gasteiger partial charge < -0.3 is 15.7 Å². The van der Waals surface area contributed by atoms with Gasteiger partial charge in [-0.15, -0.1) is 0 Å². The van der Waals surface area contributed by atoms with Crippen LogP contribution in [-0.2, 0) is 22.4 Å². The number of carboxylic acid groups (broad SMARTS) is 1. The minimum Gasteiger partial charge on any atom is -0.481 e. The third-order valence-electron chi connectivity index (χ3n) is 4.86. The van der Waals surface area contributed by atoms with E-state index in [0.29, 0.717) is 17.9 Å². The molecule has 0 aromatic heterocycles. The highest BCUT2D eigenvalue weighted by molar-refractivity contribution is 6.31. The van der Waals surface area contributed by atoms with Crippen molar-refractivity contribution < 1.29 is 19.5 Å². The number of carbonyl (C=O) groups is 3. The van der Waals surface area contributed by atoms with E-state index in [2.05, 4.69) is 10.6 Å². The number of fused-ring (bicyclic) bond motifs is 1. The van der Waals surface area contributed by atoms with E-state index in [1.165, 1.54) is 19.2 Å². The molecule has 1 aliphatic rings. The first-order valence-electron chi connectivity index (χ1n) is 8.46. The van der Waals surface area contributed by atoms with Gasteiger partial charge in [-0.05, 0) is 42.2 Å². The number of nitrogens with one attached hydrogen (secondary N) is 2. The number of halogens is 1. The third-order valence-corrected chi connectivity index (χ3v) is 5.09. The van der Waals surface area contributed by atoms with E-state index in [9.17, 15) is 19.5 Å². The molecule has 2 amide bonds. The predicted molar refractivity (Wildman–Crippen MR) is 102 cm³/mol. The summed E-state index contributed by atoms with van der Waals surface area (Å²) in [4.78, 5) is 36.6. The van der Waals surface area contributed by atoms with Gasteiger partial charge in [0.25, 0.3) is 5.91 Å². The lowest BCUT2D eigenvalue weighted by atomic mass is 9.81. The van der Waals surface area contributed by atoms with Gasteiger partial charge in [0, 0.05) is 18.5 Å². The van der Waals surface area contributed by atoms with Crippen LogP contribution in [0.1, 0.15) is 27.9 Å². The van der Waals surface area contributed by atoms with Gasteiger partial charge in [0.1, 0.15) is 0 Å². The molecule has 0 unspecified atom stereocenters. The number of rotatable bonds is 5. The largest absolute Gasteiger partial charge is 0.481 e. The summed E-state index contributed by atoms with van der Waals surface area (Å²) in [5.74, 6) is -1.85. The van der Waals surface area contributed by atoms with Crippen molar-refractivity contribution in [2.24, 2.45) is 5.41 Å². The van der Waals surface area contributed by atoms with E-state index < -0.39 is 17.3 Å². The van der Waals surface area contributed by atoms with E-state index in [1.807, 2.05) is 24.3 Å². The average Bonchev–Trinajstić information content (AvgIpc) is 3.00. The minimum absolute atomic E-state index is 0.198. The maximum Gasteiger partial charge on any atom is 0.310 e. The van der Waals surface area contributed by atoms with E-state index in [4.69, 9.17) is 11.6 Å². The Balaban J connectivity index is 1.82. The smallest absolute Gasteiger partial charge is 0.310 e. The van der Waals surface area contributed by atoms with Crippen molar-refractivity contribution in [1.29, 1.82) is 0 Å². The Morgan fingerprint density at radius 3 is 2.30 bits per heavy atom. The molecule has 2 aromatic carbocycles. The lowest BCUT2D eigenvalue weighted by molar-refractivity contribution is -0.150. The van der Waals surface area contributed by atoms with Crippen LogP contribution in [0.4, 0.5) is 5.69 Å². The fraction of sp³-hybridized carbons (Fsp3) is 0.250. The summed E-state index contributed by atoms with van der Waals surface area (Å²) >= 11 is 5.98. The maximum absolute atomic E-state index is 12.7. The van der Waals surface area contributed by atoms with Crippen LogP contribution in [-0.4, -0.2) is 29.9 Å². The van der Waals surface area contributed by atoms with Crippen LogP contribution >= 0.6 is 11.6 Å². The summed E-state index contributed by atoms with van der Waals surface area (Å²) in [6, 6.07) is 12.0. The molecule has 0 fully saturated rings. The molecule has 27 heavy (non-hydrogen) atoms. The number of anilines is 1. The number of carbonyl (C=O) groups excluding carboxylic acids is 2. The zero-order chi connectivity index (χ0) is 19.6. The molecule has 0 aliphatic heterocycles. The predicted octanol–water partition coefficient (Wildman–Crippen LogP) is 2.90. The zero-order valence-electron chi connectivity index (χ0n) is 14.7. The fourth-order valence-corrected chi connectivity index (χ4v) is 3.67. The van der Waals surface area contributed by atoms with Gasteiger partial charge in [0.15, 0.2) is 0 Å². The average molecular weight is 387 g/mol.